The molecule has 0 amide bonds. The predicted octanol–water partition coefficient (Wildman–Crippen LogP) is 2.91. The molecule has 1 rings (SSSR count). The maximum absolute atomic E-state index is 12.0. The molecule has 1 fully saturated rings. The quantitative estimate of drug-likeness (QED) is 0.651. The van der Waals surface area contributed by atoms with Crippen molar-refractivity contribution in [3.8, 4) is 0 Å². The molecule has 0 aromatic carbocycles. The van der Waals surface area contributed by atoms with Crippen molar-refractivity contribution in [1.29, 1.82) is 0 Å². The molecule has 3 atom stereocenters. The van der Waals surface area contributed by atoms with Crippen LogP contribution < -0.4 is 0 Å². The Morgan fingerprint density at radius 2 is 2.08 bits per heavy atom. The molecule has 78 valence electrons. The van der Waals surface area contributed by atoms with Crippen molar-refractivity contribution in [3.05, 3.63) is 0 Å². The summed E-state index contributed by atoms with van der Waals surface area (Å²) in [5.74, 6) is 0.695. The lowest BCUT2D eigenvalue weighted by Crippen LogP contribution is -2.28. The van der Waals surface area contributed by atoms with E-state index in [4.69, 9.17) is 9.05 Å². The van der Waals surface area contributed by atoms with Crippen LogP contribution >= 0.6 is 7.60 Å². The molecule has 0 radical (unpaired) electrons. The first-order chi connectivity index (χ1) is 5.93. The van der Waals surface area contributed by atoms with Gasteiger partial charge in [-0.15, -0.1) is 0 Å². The van der Waals surface area contributed by atoms with E-state index < -0.39 is 7.60 Å². The van der Waals surface area contributed by atoms with Crippen molar-refractivity contribution in [1.82, 2.24) is 0 Å². The minimum atomic E-state index is -2.76. The Morgan fingerprint density at radius 1 is 1.46 bits per heavy atom. The van der Waals surface area contributed by atoms with Gasteiger partial charge in [0.1, 0.15) is 0 Å². The molecule has 0 N–H and O–H groups in total. The van der Waals surface area contributed by atoms with Crippen LogP contribution in [0.15, 0.2) is 0 Å². The number of rotatable bonds is 2. The van der Waals surface area contributed by atoms with Gasteiger partial charge in [0.05, 0.1) is 18.9 Å². The van der Waals surface area contributed by atoms with Gasteiger partial charge in [0.25, 0.3) is 0 Å². The molecule has 1 saturated heterocycles. The third kappa shape index (κ3) is 3.08. The lowest BCUT2D eigenvalue weighted by molar-refractivity contribution is 0.0444. The Hall–Kier alpha value is 0.150. The molecular formula is C9H19O3P. The van der Waals surface area contributed by atoms with Gasteiger partial charge < -0.3 is 9.05 Å². The Labute approximate surface area is 80.3 Å². The Morgan fingerprint density at radius 3 is 2.54 bits per heavy atom. The standard InChI is InChI=1S/C9H19O3P/c1-7(2)6-13(10)11-5-8(3)9(4)12-13/h7-9H,5-6H2,1-4H3. The maximum atomic E-state index is 12.0. The summed E-state index contributed by atoms with van der Waals surface area (Å²) >= 11 is 0. The molecule has 0 saturated carbocycles. The lowest BCUT2D eigenvalue weighted by atomic mass is 10.1. The minimum absolute atomic E-state index is 0.0540. The summed E-state index contributed by atoms with van der Waals surface area (Å²) in [7, 11) is -2.76. The molecule has 4 heteroatoms. The van der Waals surface area contributed by atoms with Gasteiger partial charge in [-0.25, -0.2) is 0 Å². The van der Waals surface area contributed by atoms with E-state index in [2.05, 4.69) is 0 Å². The first kappa shape index (κ1) is 11.2. The fourth-order valence-electron chi connectivity index (χ4n) is 1.30. The molecular weight excluding hydrogens is 187 g/mol. The predicted molar refractivity (Wildman–Crippen MR) is 53.0 cm³/mol. The first-order valence-electron chi connectivity index (χ1n) is 4.85. The average molecular weight is 206 g/mol. The molecule has 0 spiro atoms. The van der Waals surface area contributed by atoms with Gasteiger partial charge in [0.2, 0.25) is 0 Å². The van der Waals surface area contributed by atoms with Gasteiger partial charge in [-0.3, -0.25) is 4.57 Å². The van der Waals surface area contributed by atoms with Crippen molar-refractivity contribution in [3.63, 3.8) is 0 Å². The molecule has 0 aliphatic carbocycles. The fourth-order valence-corrected chi connectivity index (χ4v) is 3.62. The van der Waals surface area contributed by atoms with Gasteiger partial charge in [-0.2, -0.15) is 0 Å². The zero-order valence-electron chi connectivity index (χ0n) is 8.82. The Kier molecular flexibility index (Phi) is 3.56. The van der Waals surface area contributed by atoms with E-state index in [1.807, 2.05) is 27.7 Å². The van der Waals surface area contributed by atoms with Crippen LogP contribution in [0.5, 0.6) is 0 Å². The summed E-state index contributed by atoms with van der Waals surface area (Å²) < 4.78 is 22.7. The monoisotopic (exact) mass is 206 g/mol. The molecule has 1 heterocycles. The van der Waals surface area contributed by atoms with E-state index in [-0.39, 0.29) is 6.10 Å². The summed E-state index contributed by atoms with van der Waals surface area (Å²) in [6, 6.07) is 0. The highest BCUT2D eigenvalue weighted by Crippen LogP contribution is 2.54. The van der Waals surface area contributed by atoms with Crippen molar-refractivity contribution < 1.29 is 13.6 Å². The van der Waals surface area contributed by atoms with E-state index in [1.165, 1.54) is 0 Å². The van der Waals surface area contributed by atoms with Crippen LogP contribution in [-0.2, 0) is 13.6 Å². The maximum Gasteiger partial charge on any atom is 0.331 e. The summed E-state index contributed by atoms with van der Waals surface area (Å²) in [5, 5.41) is 0. The largest absolute Gasteiger partial charge is 0.331 e. The van der Waals surface area contributed by atoms with E-state index in [9.17, 15) is 4.57 Å². The van der Waals surface area contributed by atoms with Gasteiger partial charge in [0.15, 0.2) is 0 Å². The topological polar surface area (TPSA) is 35.5 Å². The second-order valence-electron chi connectivity index (χ2n) is 4.27. The second-order valence-corrected chi connectivity index (χ2v) is 6.33. The van der Waals surface area contributed by atoms with E-state index in [0.29, 0.717) is 24.6 Å². The molecule has 0 bridgehead atoms. The van der Waals surface area contributed by atoms with Gasteiger partial charge in [-0.05, 0) is 12.8 Å². The van der Waals surface area contributed by atoms with Crippen LogP contribution in [0.25, 0.3) is 0 Å². The van der Waals surface area contributed by atoms with Crippen LogP contribution in [0.4, 0.5) is 0 Å². The van der Waals surface area contributed by atoms with Crippen LogP contribution in [0, 0.1) is 11.8 Å². The molecule has 0 aromatic heterocycles. The molecule has 13 heavy (non-hydrogen) atoms. The van der Waals surface area contributed by atoms with Gasteiger partial charge in [0, 0.05) is 5.92 Å². The van der Waals surface area contributed by atoms with Crippen molar-refractivity contribution in [2.24, 2.45) is 11.8 Å². The van der Waals surface area contributed by atoms with E-state index in [1.54, 1.807) is 0 Å². The Balaban J connectivity index is 2.57. The van der Waals surface area contributed by atoms with Crippen molar-refractivity contribution in [2.75, 3.05) is 12.8 Å². The SMILES string of the molecule is CC(C)CP1(=O)OCC(C)C(C)O1. The van der Waals surface area contributed by atoms with E-state index in [0.717, 1.165) is 0 Å². The average Bonchev–Trinajstić information content (AvgIpc) is 1.96. The van der Waals surface area contributed by atoms with Crippen LogP contribution in [0.3, 0.4) is 0 Å². The highest BCUT2D eigenvalue weighted by molar-refractivity contribution is 7.53. The smallest absolute Gasteiger partial charge is 0.308 e. The molecule has 3 unspecified atom stereocenters. The van der Waals surface area contributed by atoms with Crippen molar-refractivity contribution >= 4 is 7.60 Å². The van der Waals surface area contributed by atoms with Crippen molar-refractivity contribution in [2.45, 2.75) is 33.8 Å². The molecule has 3 nitrogen and oxygen atoms in total. The highest BCUT2D eigenvalue weighted by atomic mass is 31.2. The summed E-state index contributed by atoms with van der Waals surface area (Å²) in [4.78, 5) is 0. The second kappa shape index (κ2) is 4.12. The number of hydrogen-bond acceptors (Lipinski definition) is 3. The number of hydrogen-bond donors (Lipinski definition) is 0. The van der Waals surface area contributed by atoms with Gasteiger partial charge in [-0.1, -0.05) is 20.8 Å². The minimum Gasteiger partial charge on any atom is -0.308 e. The third-order valence-corrected chi connectivity index (χ3v) is 4.62. The van der Waals surface area contributed by atoms with Crippen LogP contribution in [0.2, 0.25) is 0 Å². The van der Waals surface area contributed by atoms with Crippen LogP contribution in [0.1, 0.15) is 27.7 Å². The van der Waals surface area contributed by atoms with Crippen LogP contribution in [-0.4, -0.2) is 18.9 Å². The molecule has 0 aromatic rings. The molecule has 1 aliphatic rings. The summed E-state index contributed by atoms with van der Waals surface area (Å²) in [5.41, 5.74) is 0. The zero-order valence-corrected chi connectivity index (χ0v) is 9.71. The summed E-state index contributed by atoms with van der Waals surface area (Å²) in [6.07, 6.45) is 0.586. The normalized spacial score (nSPS) is 41.0. The summed E-state index contributed by atoms with van der Waals surface area (Å²) in [6.45, 7) is 8.61. The lowest BCUT2D eigenvalue weighted by Gasteiger charge is -2.32. The van der Waals surface area contributed by atoms with E-state index >= 15 is 0 Å². The third-order valence-electron chi connectivity index (χ3n) is 2.25. The van der Waals surface area contributed by atoms with Gasteiger partial charge >= 0.3 is 7.60 Å². The zero-order chi connectivity index (χ0) is 10.1. The fraction of sp³-hybridized carbons (Fsp3) is 1.00. The molecule has 1 aliphatic heterocycles. The highest BCUT2D eigenvalue weighted by Gasteiger charge is 2.35. The first-order valence-corrected chi connectivity index (χ1v) is 6.58. The Bertz CT molecular complexity index is 215.